The first-order valence-corrected chi connectivity index (χ1v) is 8.16. The van der Waals surface area contributed by atoms with Crippen molar-refractivity contribution in [2.45, 2.75) is 51.2 Å². The van der Waals surface area contributed by atoms with Crippen LogP contribution in [-0.2, 0) is 9.53 Å². The van der Waals surface area contributed by atoms with Crippen molar-refractivity contribution >= 4 is 5.91 Å². The molecule has 5 nitrogen and oxygen atoms in total. The van der Waals surface area contributed by atoms with Crippen molar-refractivity contribution in [2.24, 2.45) is 0 Å². The summed E-state index contributed by atoms with van der Waals surface area (Å²) in [5.41, 5.74) is 0. The van der Waals surface area contributed by atoms with Gasteiger partial charge < -0.3 is 15.4 Å². The standard InChI is InChI=1S/C15H29N3O2/c1-2-14(20-13-5-3-4-6-13)15(19)17-9-12-18-10-7-16-8-11-18/h13-14,16H,2-12H2,1H3,(H,17,19). The van der Waals surface area contributed by atoms with Crippen LogP contribution in [0, 0.1) is 0 Å². The molecule has 20 heavy (non-hydrogen) atoms. The van der Waals surface area contributed by atoms with Crippen LogP contribution in [0.25, 0.3) is 0 Å². The van der Waals surface area contributed by atoms with E-state index in [9.17, 15) is 4.79 Å². The van der Waals surface area contributed by atoms with E-state index < -0.39 is 0 Å². The quantitative estimate of drug-likeness (QED) is 0.724. The van der Waals surface area contributed by atoms with Crippen molar-refractivity contribution in [2.75, 3.05) is 39.3 Å². The van der Waals surface area contributed by atoms with Gasteiger partial charge in [-0.3, -0.25) is 9.69 Å². The molecule has 2 N–H and O–H groups in total. The van der Waals surface area contributed by atoms with Gasteiger partial charge in [0.1, 0.15) is 6.10 Å². The van der Waals surface area contributed by atoms with Crippen molar-refractivity contribution in [1.29, 1.82) is 0 Å². The van der Waals surface area contributed by atoms with Gasteiger partial charge in [-0.25, -0.2) is 0 Å². The second-order valence-corrected chi connectivity index (χ2v) is 5.82. The highest BCUT2D eigenvalue weighted by molar-refractivity contribution is 5.80. The number of carbonyl (C=O) groups excluding carboxylic acids is 1. The third kappa shape index (κ3) is 5.04. The van der Waals surface area contributed by atoms with Gasteiger partial charge in [-0.1, -0.05) is 19.8 Å². The molecule has 1 heterocycles. The molecule has 5 heteroatoms. The van der Waals surface area contributed by atoms with E-state index in [1.165, 1.54) is 12.8 Å². The van der Waals surface area contributed by atoms with E-state index in [0.29, 0.717) is 6.10 Å². The van der Waals surface area contributed by atoms with Crippen LogP contribution in [-0.4, -0.2) is 62.3 Å². The van der Waals surface area contributed by atoms with Gasteiger partial charge >= 0.3 is 0 Å². The third-order valence-corrected chi connectivity index (χ3v) is 4.26. The molecule has 0 bridgehead atoms. The number of nitrogens with zero attached hydrogens (tertiary/aromatic N) is 1. The lowest BCUT2D eigenvalue weighted by Crippen LogP contribution is -2.47. The highest BCUT2D eigenvalue weighted by Crippen LogP contribution is 2.22. The molecule has 0 aromatic rings. The van der Waals surface area contributed by atoms with Crippen molar-refractivity contribution in [3.8, 4) is 0 Å². The molecule has 2 fully saturated rings. The van der Waals surface area contributed by atoms with Crippen LogP contribution >= 0.6 is 0 Å². The van der Waals surface area contributed by atoms with Gasteiger partial charge in [0.25, 0.3) is 0 Å². The average Bonchev–Trinajstić information content (AvgIpc) is 2.98. The van der Waals surface area contributed by atoms with Gasteiger partial charge in [0.2, 0.25) is 5.91 Å². The van der Waals surface area contributed by atoms with Crippen LogP contribution in [0.15, 0.2) is 0 Å². The number of carbonyl (C=O) groups is 1. The number of hydrogen-bond donors (Lipinski definition) is 2. The molecular formula is C15H29N3O2. The first kappa shape index (κ1) is 15.7. The number of rotatable bonds is 7. The molecule has 116 valence electrons. The van der Waals surface area contributed by atoms with E-state index in [-0.39, 0.29) is 12.0 Å². The summed E-state index contributed by atoms with van der Waals surface area (Å²) in [6.45, 7) is 7.94. The summed E-state index contributed by atoms with van der Waals surface area (Å²) in [5.74, 6) is 0.0644. The number of piperazine rings is 1. The largest absolute Gasteiger partial charge is 0.365 e. The van der Waals surface area contributed by atoms with E-state index in [0.717, 1.165) is 58.5 Å². The molecule has 0 aromatic heterocycles. The van der Waals surface area contributed by atoms with Crippen LogP contribution in [0.2, 0.25) is 0 Å². The highest BCUT2D eigenvalue weighted by Gasteiger charge is 2.24. The first-order chi connectivity index (χ1) is 9.79. The predicted molar refractivity (Wildman–Crippen MR) is 79.7 cm³/mol. The number of amides is 1. The van der Waals surface area contributed by atoms with Crippen molar-refractivity contribution in [1.82, 2.24) is 15.5 Å². The molecule has 1 saturated heterocycles. The molecule has 1 atom stereocenters. The molecule has 1 saturated carbocycles. The lowest BCUT2D eigenvalue weighted by Gasteiger charge is -2.27. The minimum absolute atomic E-state index is 0.0644. The van der Waals surface area contributed by atoms with Crippen molar-refractivity contribution < 1.29 is 9.53 Å². The van der Waals surface area contributed by atoms with Crippen LogP contribution in [0.3, 0.4) is 0 Å². The first-order valence-electron chi connectivity index (χ1n) is 8.16. The molecule has 1 aliphatic carbocycles. The normalized spacial score (nSPS) is 22.9. The summed E-state index contributed by atoms with van der Waals surface area (Å²) in [4.78, 5) is 14.5. The zero-order chi connectivity index (χ0) is 14.2. The summed E-state index contributed by atoms with van der Waals surface area (Å²) in [6.07, 6.45) is 5.52. The van der Waals surface area contributed by atoms with Gasteiger partial charge in [0.15, 0.2) is 0 Å². The van der Waals surface area contributed by atoms with Gasteiger partial charge in [0, 0.05) is 39.3 Å². The van der Waals surface area contributed by atoms with Crippen LogP contribution < -0.4 is 10.6 Å². The van der Waals surface area contributed by atoms with Crippen LogP contribution in [0.4, 0.5) is 0 Å². The van der Waals surface area contributed by atoms with Crippen LogP contribution in [0.5, 0.6) is 0 Å². The Bertz CT molecular complexity index is 287. The van der Waals surface area contributed by atoms with E-state index in [1.807, 2.05) is 6.92 Å². The van der Waals surface area contributed by atoms with Gasteiger partial charge in [0.05, 0.1) is 6.10 Å². The number of ether oxygens (including phenoxy) is 1. The molecule has 0 spiro atoms. The summed E-state index contributed by atoms with van der Waals surface area (Å²) >= 11 is 0. The summed E-state index contributed by atoms with van der Waals surface area (Å²) < 4.78 is 5.93. The lowest BCUT2D eigenvalue weighted by atomic mass is 10.2. The fourth-order valence-corrected chi connectivity index (χ4v) is 2.99. The topological polar surface area (TPSA) is 53.6 Å². The Balaban J connectivity index is 1.63. The Kier molecular flexibility index (Phi) is 6.76. The van der Waals surface area contributed by atoms with Gasteiger partial charge in [-0.2, -0.15) is 0 Å². The molecule has 0 aromatic carbocycles. The van der Waals surface area contributed by atoms with E-state index in [2.05, 4.69) is 15.5 Å². The molecule has 1 unspecified atom stereocenters. The molecule has 1 aliphatic heterocycles. The minimum atomic E-state index is -0.263. The van der Waals surface area contributed by atoms with E-state index >= 15 is 0 Å². The number of nitrogens with one attached hydrogen (secondary N) is 2. The molecule has 2 aliphatic rings. The maximum absolute atomic E-state index is 12.1. The van der Waals surface area contributed by atoms with Crippen molar-refractivity contribution in [3.63, 3.8) is 0 Å². The summed E-state index contributed by atoms with van der Waals surface area (Å²) in [7, 11) is 0. The second kappa shape index (κ2) is 8.60. The molecular weight excluding hydrogens is 254 g/mol. The molecule has 0 radical (unpaired) electrons. The monoisotopic (exact) mass is 283 g/mol. The predicted octanol–water partition coefficient (Wildman–Crippen LogP) is 0.746. The maximum Gasteiger partial charge on any atom is 0.249 e. The Labute approximate surface area is 122 Å². The maximum atomic E-state index is 12.1. The molecule has 1 amide bonds. The second-order valence-electron chi connectivity index (χ2n) is 5.82. The Morgan fingerprint density at radius 3 is 2.70 bits per heavy atom. The SMILES string of the molecule is CCC(OC1CCCC1)C(=O)NCCN1CCNCC1. The smallest absolute Gasteiger partial charge is 0.249 e. The minimum Gasteiger partial charge on any atom is -0.365 e. The fraction of sp³-hybridized carbons (Fsp3) is 0.933. The van der Waals surface area contributed by atoms with Gasteiger partial charge in [-0.15, -0.1) is 0 Å². The Morgan fingerprint density at radius 2 is 2.05 bits per heavy atom. The van der Waals surface area contributed by atoms with E-state index in [1.54, 1.807) is 0 Å². The Morgan fingerprint density at radius 1 is 1.35 bits per heavy atom. The van der Waals surface area contributed by atoms with Crippen molar-refractivity contribution in [3.05, 3.63) is 0 Å². The van der Waals surface area contributed by atoms with Gasteiger partial charge in [-0.05, 0) is 19.3 Å². The fourth-order valence-electron chi connectivity index (χ4n) is 2.99. The highest BCUT2D eigenvalue weighted by atomic mass is 16.5. The zero-order valence-electron chi connectivity index (χ0n) is 12.7. The lowest BCUT2D eigenvalue weighted by molar-refractivity contribution is -0.136. The Hall–Kier alpha value is -0.650. The average molecular weight is 283 g/mol. The summed E-state index contributed by atoms with van der Waals surface area (Å²) in [5, 5.41) is 6.36. The summed E-state index contributed by atoms with van der Waals surface area (Å²) in [6, 6.07) is 0. The molecule has 2 rings (SSSR count). The van der Waals surface area contributed by atoms with Crippen LogP contribution in [0.1, 0.15) is 39.0 Å². The zero-order valence-corrected chi connectivity index (χ0v) is 12.7. The number of hydrogen-bond acceptors (Lipinski definition) is 4. The third-order valence-electron chi connectivity index (χ3n) is 4.26. The van der Waals surface area contributed by atoms with E-state index in [4.69, 9.17) is 4.74 Å².